The molecule has 0 spiro atoms. The highest BCUT2D eigenvalue weighted by Gasteiger charge is 2.09. The van der Waals surface area contributed by atoms with Crippen molar-refractivity contribution in [1.29, 1.82) is 0 Å². The normalized spacial score (nSPS) is 10.1. The van der Waals surface area contributed by atoms with Gasteiger partial charge in [-0.2, -0.15) is 0 Å². The average Bonchev–Trinajstić information content (AvgIpc) is 2.64. The zero-order valence-electron chi connectivity index (χ0n) is 7.78. The van der Waals surface area contributed by atoms with Crippen molar-refractivity contribution in [3.05, 3.63) is 39.0 Å². The molecule has 2 aromatic rings. The quantitative estimate of drug-likeness (QED) is 0.925. The summed E-state index contributed by atoms with van der Waals surface area (Å²) in [5, 5.41) is 3.61. The maximum absolute atomic E-state index is 11.7. The van der Waals surface area contributed by atoms with Gasteiger partial charge in [0.15, 0.2) is 5.13 Å². The zero-order chi connectivity index (χ0) is 11.5. The molecule has 0 aliphatic heterocycles. The molecule has 4 nitrogen and oxygen atoms in total. The van der Waals surface area contributed by atoms with Crippen LogP contribution in [-0.4, -0.2) is 15.9 Å². The van der Waals surface area contributed by atoms with E-state index in [1.54, 1.807) is 12.3 Å². The zero-order valence-corrected chi connectivity index (χ0v) is 10.9. The molecule has 1 N–H and O–H groups in total. The molecular weight excluding hydrogens is 314 g/mol. The predicted molar refractivity (Wildman–Crippen MR) is 67.0 cm³/mol. The summed E-state index contributed by atoms with van der Waals surface area (Å²) < 4.78 is 0.849. The van der Waals surface area contributed by atoms with E-state index >= 15 is 0 Å². The largest absolute Gasteiger partial charge is 0.296 e. The number of anilines is 1. The predicted octanol–water partition coefficient (Wildman–Crippen LogP) is 3.21. The molecule has 82 valence electrons. The number of hydrogen-bond acceptors (Lipinski definition) is 4. The lowest BCUT2D eigenvalue weighted by molar-refractivity contribution is 0.102. The fraction of sp³-hybridized carbons (Fsp3) is 0. The first-order chi connectivity index (χ1) is 7.65. The number of nitrogens with one attached hydrogen (secondary N) is 1. The van der Waals surface area contributed by atoms with Crippen molar-refractivity contribution in [3.8, 4) is 0 Å². The van der Waals surface area contributed by atoms with Gasteiger partial charge in [-0.3, -0.25) is 15.1 Å². The van der Waals surface area contributed by atoms with Crippen molar-refractivity contribution in [3.63, 3.8) is 0 Å². The Morgan fingerprint density at radius 1 is 1.50 bits per heavy atom. The van der Waals surface area contributed by atoms with Gasteiger partial charge in [0.2, 0.25) is 0 Å². The van der Waals surface area contributed by atoms with Gasteiger partial charge in [0.1, 0.15) is 5.69 Å². The Bertz CT molecular complexity index is 531. The second-order valence-corrected chi connectivity index (χ2v) is 5.63. The van der Waals surface area contributed by atoms with E-state index in [-0.39, 0.29) is 11.6 Å². The maximum Gasteiger partial charge on any atom is 0.276 e. The number of hydrogen-bond donors (Lipinski definition) is 1. The van der Waals surface area contributed by atoms with Crippen LogP contribution in [0, 0.1) is 0 Å². The van der Waals surface area contributed by atoms with Gasteiger partial charge >= 0.3 is 0 Å². The third kappa shape index (κ3) is 2.78. The number of rotatable bonds is 2. The Balaban J connectivity index is 2.14. The van der Waals surface area contributed by atoms with Crippen LogP contribution in [-0.2, 0) is 0 Å². The fourth-order valence-corrected chi connectivity index (χ4v) is 2.26. The average molecular weight is 319 g/mol. The summed E-state index contributed by atoms with van der Waals surface area (Å²) in [6.07, 6.45) is 3.10. The van der Waals surface area contributed by atoms with Gasteiger partial charge in [-0.25, -0.2) is 4.98 Å². The van der Waals surface area contributed by atoms with Crippen LogP contribution < -0.4 is 5.32 Å². The number of nitrogens with zero attached hydrogens (tertiary/aromatic N) is 2. The van der Waals surface area contributed by atoms with Crippen LogP contribution in [0.4, 0.5) is 5.13 Å². The molecule has 0 aliphatic rings. The Morgan fingerprint density at radius 2 is 2.31 bits per heavy atom. The topological polar surface area (TPSA) is 54.9 Å². The summed E-state index contributed by atoms with van der Waals surface area (Å²) in [5.41, 5.74) is 0.263. The molecule has 0 atom stereocenters. The second kappa shape index (κ2) is 4.90. The molecule has 2 aromatic heterocycles. The van der Waals surface area contributed by atoms with Gasteiger partial charge in [-0.1, -0.05) is 22.9 Å². The molecule has 2 rings (SSSR count). The standard InChI is InChI=1S/C9H5BrClN3OS/c10-7-4-13-9(16-7)14-8(15)6-3-5(11)1-2-12-6/h1-4H,(H,13,14,15). The van der Waals surface area contributed by atoms with Gasteiger partial charge in [-0.15, -0.1) is 0 Å². The van der Waals surface area contributed by atoms with E-state index in [1.165, 1.54) is 23.6 Å². The van der Waals surface area contributed by atoms with E-state index < -0.39 is 0 Å². The Morgan fingerprint density at radius 3 is 2.94 bits per heavy atom. The minimum atomic E-state index is -0.329. The third-order valence-corrected chi connectivity index (χ3v) is 3.28. The van der Waals surface area contributed by atoms with E-state index in [4.69, 9.17) is 11.6 Å². The molecule has 0 saturated heterocycles. The molecule has 0 aliphatic carbocycles. The summed E-state index contributed by atoms with van der Waals surface area (Å²) in [4.78, 5) is 19.6. The number of carbonyl (C=O) groups is 1. The van der Waals surface area contributed by atoms with Gasteiger partial charge < -0.3 is 0 Å². The third-order valence-electron chi connectivity index (χ3n) is 1.65. The second-order valence-electron chi connectivity index (χ2n) is 2.78. The number of carbonyl (C=O) groups excluding carboxylic acids is 1. The first-order valence-electron chi connectivity index (χ1n) is 4.19. The number of aromatic nitrogens is 2. The van der Waals surface area contributed by atoms with E-state index in [9.17, 15) is 4.79 Å². The molecule has 0 radical (unpaired) electrons. The molecule has 7 heteroatoms. The minimum Gasteiger partial charge on any atom is -0.296 e. The lowest BCUT2D eigenvalue weighted by Crippen LogP contribution is -2.13. The summed E-state index contributed by atoms with van der Waals surface area (Å²) in [6, 6.07) is 3.11. The van der Waals surface area contributed by atoms with Crippen molar-refractivity contribution in [2.24, 2.45) is 0 Å². The smallest absolute Gasteiger partial charge is 0.276 e. The highest BCUT2D eigenvalue weighted by atomic mass is 79.9. The van der Waals surface area contributed by atoms with Crippen LogP contribution in [0.25, 0.3) is 0 Å². The van der Waals surface area contributed by atoms with E-state index in [0.717, 1.165) is 3.79 Å². The molecular formula is C9H5BrClN3OS. The Kier molecular flexibility index (Phi) is 3.52. The van der Waals surface area contributed by atoms with Crippen LogP contribution in [0.3, 0.4) is 0 Å². The monoisotopic (exact) mass is 317 g/mol. The number of pyridine rings is 1. The lowest BCUT2D eigenvalue weighted by Gasteiger charge is -2.00. The van der Waals surface area contributed by atoms with Gasteiger partial charge in [0.25, 0.3) is 5.91 Å². The highest BCUT2D eigenvalue weighted by molar-refractivity contribution is 9.11. The lowest BCUT2D eigenvalue weighted by atomic mass is 10.3. The molecule has 1 amide bonds. The SMILES string of the molecule is O=C(Nc1ncc(Br)s1)c1cc(Cl)ccn1. The van der Waals surface area contributed by atoms with Crippen molar-refractivity contribution in [2.45, 2.75) is 0 Å². The molecule has 16 heavy (non-hydrogen) atoms. The molecule has 0 aromatic carbocycles. The number of halogens is 2. The molecule has 0 saturated carbocycles. The molecule has 0 fully saturated rings. The van der Waals surface area contributed by atoms with Crippen molar-refractivity contribution in [1.82, 2.24) is 9.97 Å². The Labute approximate surface area is 109 Å². The summed E-state index contributed by atoms with van der Waals surface area (Å²) >= 11 is 10.3. The molecule has 0 bridgehead atoms. The highest BCUT2D eigenvalue weighted by Crippen LogP contribution is 2.23. The van der Waals surface area contributed by atoms with E-state index in [2.05, 4.69) is 31.2 Å². The molecule has 2 heterocycles. The van der Waals surface area contributed by atoms with Gasteiger partial charge in [0.05, 0.1) is 9.98 Å². The van der Waals surface area contributed by atoms with Crippen molar-refractivity contribution < 1.29 is 4.79 Å². The minimum absolute atomic E-state index is 0.263. The van der Waals surface area contributed by atoms with E-state index in [1.807, 2.05) is 0 Å². The van der Waals surface area contributed by atoms with Crippen molar-refractivity contribution in [2.75, 3.05) is 5.32 Å². The van der Waals surface area contributed by atoms with E-state index in [0.29, 0.717) is 10.2 Å². The van der Waals surface area contributed by atoms with Crippen LogP contribution in [0.1, 0.15) is 10.5 Å². The van der Waals surface area contributed by atoms with Crippen LogP contribution in [0.2, 0.25) is 5.02 Å². The van der Waals surface area contributed by atoms with Gasteiger partial charge in [-0.05, 0) is 28.1 Å². The number of amides is 1. The fourth-order valence-electron chi connectivity index (χ4n) is 1.00. The number of thiazole rings is 1. The van der Waals surface area contributed by atoms with Gasteiger partial charge in [0, 0.05) is 11.2 Å². The first kappa shape index (κ1) is 11.5. The Hall–Kier alpha value is -0.980. The molecule has 0 unspecified atom stereocenters. The summed E-state index contributed by atoms with van der Waals surface area (Å²) in [7, 11) is 0. The maximum atomic E-state index is 11.7. The summed E-state index contributed by atoms with van der Waals surface area (Å²) in [5.74, 6) is -0.329. The van der Waals surface area contributed by atoms with Crippen LogP contribution in [0.5, 0.6) is 0 Å². The van der Waals surface area contributed by atoms with Crippen LogP contribution in [0.15, 0.2) is 28.3 Å². The van der Waals surface area contributed by atoms with Crippen LogP contribution >= 0.6 is 38.9 Å². The first-order valence-corrected chi connectivity index (χ1v) is 6.18. The van der Waals surface area contributed by atoms with Crippen molar-refractivity contribution >= 4 is 49.9 Å². The summed E-state index contributed by atoms with van der Waals surface area (Å²) in [6.45, 7) is 0.